The molecule has 1 aromatic rings. The van der Waals surface area contributed by atoms with Crippen molar-refractivity contribution in [2.75, 3.05) is 6.61 Å². The first-order valence-corrected chi connectivity index (χ1v) is 4.59. The Balaban J connectivity index is 2.84. The van der Waals surface area contributed by atoms with Crippen molar-refractivity contribution in [3.05, 3.63) is 35.1 Å². The van der Waals surface area contributed by atoms with Crippen molar-refractivity contribution in [3.63, 3.8) is 0 Å². The minimum atomic E-state index is -0.455. The zero-order chi connectivity index (χ0) is 10.6. The molecule has 0 aliphatic heterocycles. The van der Waals surface area contributed by atoms with Crippen molar-refractivity contribution in [1.82, 2.24) is 0 Å². The summed E-state index contributed by atoms with van der Waals surface area (Å²) in [6.07, 6.45) is 0.764. The van der Waals surface area contributed by atoms with Gasteiger partial charge in [-0.15, -0.1) is 0 Å². The van der Waals surface area contributed by atoms with Crippen molar-refractivity contribution in [2.24, 2.45) is 0 Å². The molecule has 0 heterocycles. The molecular weight excluding hydrogens is 183 g/mol. The van der Waals surface area contributed by atoms with E-state index in [4.69, 9.17) is 4.74 Å². The molecule has 0 saturated carbocycles. The molecule has 14 heavy (non-hydrogen) atoms. The summed E-state index contributed by atoms with van der Waals surface area (Å²) in [5.74, 6) is -0.834. The second-order valence-corrected chi connectivity index (χ2v) is 3.05. The van der Waals surface area contributed by atoms with Crippen LogP contribution in [0.4, 0.5) is 4.39 Å². The molecule has 0 saturated heterocycles. The van der Waals surface area contributed by atoms with Gasteiger partial charge in [0.05, 0.1) is 12.2 Å². The van der Waals surface area contributed by atoms with Crippen LogP contribution in [-0.2, 0) is 4.74 Å². The Labute approximate surface area is 82.7 Å². The number of carbonyl (C=O) groups excluding carboxylic acids is 1. The van der Waals surface area contributed by atoms with E-state index in [-0.39, 0.29) is 5.82 Å². The van der Waals surface area contributed by atoms with Gasteiger partial charge in [-0.25, -0.2) is 9.18 Å². The van der Waals surface area contributed by atoms with Crippen molar-refractivity contribution >= 4 is 5.97 Å². The van der Waals surface area contributed by atoms with E-state index >= 15 is 0 Å². The Morgan fingerprint density at radius 1 is 1.50 bits per heavy atom. The quantitative estimate of drug-likeness (QED) is 0.695. The van der Waals surface area contributed by atoms with E-state index < -0.39 is 5.97 Å². The number of halogens is 1. The molecular formula is C11H13FO2. The van der Waals surface area contributed by atoms with Gasteiger partial charge in [-0.2, -0.15) is 0 Å². The minimum absolute atomic E-state index is 0.304. The molecule has 0 amide bonds. The van der Waals surface area contributed by atoms with E-state index in [1.165, 1.54) is 12.1 Å². The van der Waals surface area contributed by atoms with E-state index in [2.05, 4.69) is 0 Å². The lowest BCUT2D eigenvalue weighted by atomic mass is 10.1. The Morgan fingerprint density at radius 3 is 2.86 bits per heavy atom. The van der Waals surface area contributed by atoms with Gasteiger partial charge in [0.2, 0.25) is 0 Å². The minimum Gasteiger partial charge on any atom is -0.462 e. The monoisotopic (exact) mass is 196 g/mol. The molecule has 1 rings (SSSR count). The van der Waals surface area contributed by atoms with Gasteiger partial charge in [0, 0.05) is 0 Å². The Morgan fingerprint density at radius 2 is 2.21 bits per heavy atom. The Hall–Kier alpha value is -1.38. The molecule has 0 aliphatic carbocycles. The van der Waals surface area contributed by atoms with E-state index in [0.29, 0.717) is 17.7 Å². The summed E-state index contributed by atoms with van der Waals surface area (Å²) in [5.41, 5.74) is 0.645. The predicted octanol–water partition coefficient (Wildman–Crippen LogP) is 2.70. The standard InChI is InChI=1S/C11H13FO2/c1-3-7-14-11(13)9-5-4-6-10(12)8(9)2/h4-6H,3,7H2,1-2H3. The van der Waals surface area contributed by atoms with Gasteiger partial charge < -0.3 is 4.74 Å². The number of rotatable bonds is 3. The first-order valence-electron chi connectivity index (χ1n) is 4.59. The normalized spacial score (nSPS) is 9.93. The SMILES string of the molecule is CCCOC(=O)c1cccc(F)c1C. The molecule has 0 aromatic heterocycles. The first kappa shape index (κ1) is 10.7. The largest absolute Gasteiger partial charge is 0.462 e. The average Bonchev–Trinajstić information content (AvgIpc) is 2.18. The fraction of sp³-hybridized carbons (Fsp3) is 0.364. The van der Waals surface area contributed by atoms with Gasteiger partial charge in [0.15, 0.2) is 0 Å². The summed E-state index contributed by atoms with van der Waals surface area (Å²) in [5, 5.41) is 0. The molecule has 0 bridgehead atoms. The van der Waals surface area contributed by atoms with Crippen LogP contribution in [0.15, 0.2) is 18.2 Å². The highest BCUT2D eigenvalue weighted by molar-refractivity contribution is 5.91. The second-order valence-electron chi connectivity index (χ2n) is 3.05. The molecule has 0 radical (unpaired) electrons. The van der Waals surface area contributed by atoms with E-state index in [9.17, 15) is 9.18 Å². The molecule has 0 aliphatic rings. The second kappa shape index (κ2) is 4.74. The molecule has 0 unspecified atom stereocenters. The Kier molecular flexibility index (Phi) is 3.63. The highest BCUT2D eigenvalue weighted by Gasteiger charge is 2.12. The maximum atomic E-state index is 13.1. The zero-order valence-electron chi connectivity index (χ0n) is 8.34. The summed E-state index contributed by atoms with van der Waals surface area (Å²) in [6, 6.07) is 4.40. The molecule has 1 aromatic carbocycles. The van der Waals surface area contributed by atoms with Crippen LogP contribution < -0.4 is 0 Å². The van der Waals surface area contributed by atoms with Crippen LogP contribution in [0.2, 0.25) is 0 Å². The number of carbonyl (C=O) groups is 1. The molecule has 3 heteroatoms. The summed E-state index contributed by atoms with van der Waals surface area (Å²) in [6.45, 7) is 3.85. The van der Waals surface area contributed by atoms with Crippen LogP contribution in [0.1, 0.15) is 29.3 Å². The summed E-state index contributed by atoms with van der Waals surface area (Å²) in [4.78, 5) is 11.4. The third kappa shape index (κ3) is 2.31. The van der Waals surface area contributed by atoms with Crippen molar-refractivity contribution < 1.29 is 13.9 Å². The van der Waals surface area contributed by atoms with Gasteiger partial charge in [0.25, 0.3) is 0 Å². The smallest absolute Gasteiger partial charge is 0.338 e. The molecule has 0 fully saturated rings. The van der Waals surface area contributed by atoms with Crippen LogP contribution >= 0.6 is 0 Å². The van der Waals surface area contributed by atoms with Crippen LogP contribution in [-0.4, -0.2) is 12.6 Å². The lowest BCUT2D eigenvalue weighted by molar-refractivity contribution is 0.0503. The highest BCUT2D eigenvalue weighted by Crippen LogP contribution is 2.13. The first-order chi connectivity index (χ1) is 6.66. The van der Waals surface area contributed by atoms with Gasteiger partial charge in [-0.05, 0) is 31.0 Å². The fourth-order valence-electron chi connectivity index (χ4n) is 1.10. The molecule has 0 spiro atoms. The van der Waals surface area contributed by atoms with Crippen molar-refractivity contribution in [3.8, 4) is 0 Å². The fourth-order valence-corrected chi connectivity index (χ4v) is 1.10. The third-order valence-electron chi connectivity index (χ3n) is 1.92. The molecule has 76 valence electrons. The third-order valence-corrected chi connectivity index (χ3v) is 1.92. The summed E-state index contributed by atoms with van der Waals surface area (Å²) in [7, 11) is 0. The maximum Gasteiger partial charge on any atom is 0.338 e. The van der Waals surface area contributed by atoms with Crippen LogP contribution in [0, 0.1) is 12.7 Å². The lowest BCUT2D eigenvalue weighted by Gasteiger charge is -2.06. The number of esters is 1. The zero-order valence-corrected chi connectivity index (χ0v) is 8.34. The highest BCUT2D eigenvalue weighted by atomic mass is 19.1. The van der Waals surface area contributed by atoms with Gasteiger partial charge in [0.1, 0.15) is 5.82 Å². The summed E-state index contributed by atoms with van der Waals surface area (Å²) >= 11 is 0. The maximum absolute atomic E-state index is 13.1. The van der Waals surface area contributed by atoms with Crippen LogP contribution in [0.3, 0.4) is 0 Å². The molecule has 2 nitrogen and oxygen atoms in total. The summed E-state index contributed by atoms with van der Waals surface area (Å²) < 4.78 is 18.0. The van der Waals surface area contributed by atoms with Gasteiger partial charge in [-0.1, -0.05) is 13.0 Å². The lowest BCUT2D eigenvalue weighted by Crippen LogP contribution is -2.08. The molecule has 0 N–H and O–H groups in total. The van der Waals surface area contributed by atoms with Crippen molar-refractivity contribution in [1.29, 1.82) is 0 Å². The number of benzene rings is 1. The number of hydrogen-bond acceptors (Lipinski definition) is 2. The number of hydrogen-bond donors (Lipinski definition) is 0. The topological polar surface area (TPSA) is 26.3 Å². The Bertz CT molecular complexity index is 334. The number of ether oxygens (including phenoxy) is 1. The average molecular weight is 196 g/mol. The van der Waals surface area contributed by atoms with Crippen molar-refractivity contribution in [2.45, 2.75) is 20.3 Å². The van der Waals surface area contributed by atoms with E-state index in [1.54, 1.807) is 13.0 Å². The van der Waals surface area contributed by atoms with E-state index in [1.807, 2.05) is 6.92 Å². The molecule has 0 atom stereocenters. The van der Waals surface area contributed by atoms with Gasteiger partial charge in [-0.3, -0.25) is 0 Å². The predicted molar refractivity (Wildman–Crippen MR) is 51.7 cm³/mol. The van der Waals surface area contributed by atoms with Crippen LogP contribution in [0.25, 0.3) is 0 Å². The van der Waals surface area contributed by atoms with Crippen LogP contribution in [0.5, 0.6) is 0 Å². The van der Waals surface area contributed by atoms with Gasteiger partial charge >= 0.3 is 5.97 Å². The van der Waals surface area contributed by atoms with E-state index in [0.717, 1.165) is 6.42 Å².